The summed E-state index contributed by atoms with van der Waals surface area (Å²) in [6.07, 6.45) is 2.14. The molecule has 1 aliphatic rings. The average molecular weight is 252 g/mol. The van der Waals surface area contributed by atoms with E-state index in [1.54, 1.807) is 0 Å². The van der Waals surface area contributed by atoms with E-state index in [1.807, 2.05) is 20.8 Å². The zero-order valence-corrected chi connectivity index (χ0v) is 11.2. The van der Waals surface area contributed by atoms with Gasteiger partial charge >= 0.3 is 5.97 Å². The minimum Gasteiger partial charge on any atom is -0.465 e. The fourth-order valence-corrected chi connectivity index (χ4v) is 2.68. The molecule has 0 saturated carbocycles. The quantitative estimate of drug-likeness (QED) is 0.767. The summed E-state index contributed by atoms with van der Waals surface area (Å²) in [5.41, 5.74) is 2.06. The van der Waals surface area contributed by atoms with Crippen molar-refractivity contribution in [3.63, 3.8) is 0 Å². The minimum absolute atomic E-state index is 0.156. The number of aromatic nitrogens is 1. The predicted octanol–water partition coefficient (Wildman–Crippen LogP) is 1.99. The van der Waals surface area contributed by atoms with Crippen LogP contribution in [0.15, 0.2) is 4.52 Å². The summed E-state index contributed by atoms with van der Waals surface area (Å²) < 4.78 is 10.2. The fraction of sp³-hybridized carbons (Fsp3) is 0.692. The Morgan fingerprint density at radius 1 is 1.56 bits per heavy atom. The van der Waals surface area contributed by atoms with Crippen molar-refractivity contribution in [3.05, 3.63) is 17.0 Å². The second-order valence-electron chi connectivity index (χ2n) is 4.67. The highest BCUT2D eigenvalue weighted by Crippen LogP contribution is 2.35. The van der Waals surface area contributed by atoms with Crippen LogP contribution in [-0.4, -0.2) is 35.7 Å². The van der Waals surface area contributed by atoms with E-state index in [-0.39, 0.29) is 12.0 Å². The third-order valence-electron chi connectivity index (χ3n) is 3.42. The summed E-state index contributed by atoms with van der Waals surface area (Å²) in [6.45, 7) is 7.41. The van der Waals surface area contributed by atoms with Crippen molar-refractivity contribution < 1.29 is 14.1 Å². The minimum atomic E-state index is -0.156. The molecule has 1 aromatic heterocycles. The van der Waals surface area contributed by atoms with Crippen LogP contribution in [0.3, 0.4) is 0 Å². The van der Waals surface area contributed by atoms with Crippen molar-refractivity contribution in [1.29, 1.82) is 0 Å². The Morgan fingerprint density at radius 3 is 2.94 bits per heavy atom. The Morgan fingerprint density at radius 2 is 2.33 bits per heavy atom. The number of aryl methyl sites for hydroxylation is 2. The van der Waals surface area contributed by atoms with Gasteiger partial charge in [0.05, 0.1) is 18.8 Å². The Kier molecular flexibility index (Phi) is 4.01. The average Bonchev–Trinajstić information content (AvgIpc) is 2.87. The lowest BCUT2D eigenvalue weighted by Gasteiger charge is -2.23. The fourth-order valence-electron chi connectivity index (χ4n) is 2.68. The van der Waals surface area contributed by atoms with Crippen LogP contribution in [0.25, 0.3) is 0 Å². The molecular formula is C13H20N2O3. The predicted molar refractivity (Wildman–Crippen MR) is 66.2 cm³/mol. The molecule has 2 heterocycles. The topological polar surface area (TPSA) is 55.6 Å². The van der Waals surface area contributed by atoms with Crippen LogP contribution in [0.1, 0.15) is 42.8 Å². The van der Waals surface area contributed by atoms with E-state index in [4.69, 9.17) is 9.26 Å². The van der Waals surface area contributed by atoms with E-state index in [2.05, 4.69) is 10.1 Å². The highest BCUT2D eigenvalue weighted by atomic mass is 16.5. The van der Waals surface area contributed by atoms with Gasteiger partial charge in [-0.05, 0) is 40.2 Å². The smallest absolute Gasteiger partial charge is 0.320 e. The summed E-state index contributed by atoms with van der Waals surface area (Å²) in [7, 11) is 0. The van der Waals surface area contributed by atoms with E-state index in [0.29, 0.717) is 13.2 Å². The van der Waals surface area contributed by atoms with Gasteiger partial charge in [0.2, 0.25) is 0 Å². The number of likely N-dealkylation sites (tertiary alicyclic amines) is 1. The summed E-state index contributed by atoms with van der Waals surface area (Å²) in [5.74, 6) is 0.699. The monoisotopic (exact) mass is 252 g/mol. The van der Waals surface area contributed by atoms with Gasteiger partial charge in [0.15, 0.2) is 0 Å². The highest BCUT2D eigenvalue weighted by Gasteiger charge is 2.31. The molecule has 5 heteroatoms. The molecular weight excluding hydrogens is 232 g/mol. The van der Waals surface area contributed by atoms with E-state index < -0.39 is 0 Å². The van der Waals surface area contributed by atoms with Crippen molar-refractivity contribution in [1.82, 2.24) is 10.1 Å². The molecule has 18 heavy (non-hydrogen) atoms. The summed E-state index contributed by atoms with van der Waals surface area (Å²) in [6, 6.07) is 0.237. The molecule has 1 fully saturated rings. The lowest BCUT2D eigenvalue weighted by molar-refractivity contribution is -0.144. The van der Waals surface area contributed by atoms with Crippen LogP contribution >= 0.6 is 0 Å². The molecule has 1 aliphatic heterocycles. The molecule has 2 rings (SSSR count). The zero-order valence-electron chi connectivity index (χ0n) is 11.2. The number of nitrogens with zero attached hydrogens (tertiary/aromatic N) is 2. The molecule has 1 saturated heterocycles. The molecule has 0 amide bonds. The molecule has 0 N–H and O–H groups in total. The SMILES string of the molecule is CCOC(=O)CN1CCCC1c1c(C)noc1C. The number of hydrogen-bond acceptors (Lipinski definition) is 5. The van der Waals surface area contributed by atoms with Crippen LogP contribution in [0.5, 0.6) is 0 Å². The second kappa shape index (κ2) is 5.52. The first-order valence-corrected chi connectivity index (χ1v) is 6.46. The summed E-state index contributed by atoms with van der Waals surface area (Å²) in [5, 5.41) is 3.99. The van der Waals surface area contributed by atoms with E-state index in [0.717, 1.165) is 36.4 Å². The van der Waals surface area contributed by atoms with Gasteiger partial charge < -0.3 is 9.26 Å². The largest absolute Gasteiger partial charge is 0.465 e. The molecule has 1 atom stereocenters. The first-order chi connectivity index (χ1) is 8.63. The number of carbonyl (C=O) groups is 1. The van der Waals surface area contributed by atoms with Gasteiger partial charge in [-0.15, -0.1) is 0 Å². The number of esters is 1. The first-order valence-electron chi connectivity index (χ1n) is 6.46. The maximum absolute atomic E-state index is 11.6. The van der Waals surface area contributed by atoms with Gasteiger partial charge in [0.1, 0.15) is 5.76 Å². The maximum atomic E-state index is 11.6. The number of rotatable bonds is 4. The normalized spacial score (nSPS) is 20.3. The first kappa shape index (κ1) is 13.1. The Balaban J connectivity index is 2.10. The van der Waals surface area contributed by atoms with Crippen LogP contribution < -0.4 is 0 Å². The Labute approximate surface area is 107 Å². The molecule has 0 radical (unpaired) electrons. The van der Waals surface area contributed by atoms with Crippen molar-refractivity contribution in [2.75, 3.05) is 19.7 Å². The number of carbonyl (C=O) groups excluding carboxylic acids is 1. The lowest BCUT2D eigenvalue weighted by Crippen LogP contribution is -2.31. The van der Waals surface area contributed by atoms with E-state index in [1.165, 1.54) is 0 Å². The zero-order chi connectivity index (χ0) is 13.1. The van der Waals surface area contributed by atoms with Crippen LogP contribution in [0.4, 0.5) is 0 Å². The van der Waals surface area contributed by atoms with Gasteiger partial charge in [-0.25, -0.2) is 0 Å². The third-order valence-corrected chi connectivity index (χ3v) is 3.42. The van der Waals surface area contributed by atoms with E-state index >= 15 is 0 Å². The van der Waals surface area contributed by atoms with Crippen molar-refractivity contribution in [3.8, 4) is 0 Å². The summed E-state index contributed by atoms with van der Waals surface area (Å²) >= 11 is 0. The molecule has 0 aromatic carbocycles. The van der Waals surface area contributed by atoms with Gasteiger partial charge in [0.25, 0.3) is 0 Å². The highest BCUT2D eigenvalue weighted by molar-refractivity contribution is 5.71. The van der Waals surface area contributed by atoms with Gasteiger partial charge in [-0.3, -0.25) is 9.69 Å². The maximum Gasteiger partial charge on any atom is 0.320 e. The van der Waals surface area contributed by atoms with Crippen LogP contribution in [0, 0.1) is 13.8 Å². The summed E-state index contributed by atoms with van der Waals surface area (Å²) in [4.78, 5) is 13.7. The molecule has 1 aromatic rings. The number of hydrogen-bond donors (Lipinski definition) is 0. The molecule has 5 nitrogen and oxygen atoms in total. The van der Waals surface area contributed by atoms with Gasteiger partial charge in [0, 0.05) is 11.6 Å². The van der Waals surface area contributed by atoms with Gasteiger partial charge in [-0.1, -0.05) is 5.16 Å². The van der Waals surface area contributed by atoms with Crippen LogP contribution in [-0.2, 0) is 9.53 Å². The van der Waals surface area contributed by atoms with Crippen molar-refractivity contribution >= 4 is 5.97 Å². The van der Waals surface area contributed by atoms with Gasteiger partial charge in [-0.2, -0.15) is 0 Å². The molecule has 100 valence electrons. The van der Waals surface area contributed by atoms with Crippen molar-refractivity contribution in [2.24, 2.45) is 0 Å². The lowest BCUT2D eigenvalue weighted by atomic mass is 10.0. The van der Waals surface area contributed by atoms with Crippen molar-refractivity contribution in [2.45, 2.75) is 39.7 Å². The molecule has 0 spiro atoms. The molecule has 0 aliphatic carbocycles. The second-order valence-corrected chi connectivity index (χ2v) is 4.67. The Hall–Kier alpha value is -1.36. The third kappa shape index (κ3) is 2.56. The van der Waals surface area contributed by atoms with E-state index in [9.17, 15) is 4.79 Å². The molecule has 1 unspecified atom stereocenters. The standard InChI is InChI=1S/C13H20N2O3/c1-4-17-12(16)8-15-7-5-6-11(15)13-9(2)14-18-10(13)3/h11H,4-8H2,1-3H3. The molecule has 0 bridgehead atoms. The Bertz CT molecular complexity index is 408. The van der Waals surface area contributed by atoms with Crippen LogP contribution in [0.2, 0.25) is 0 Å². The number of ether oxygens (including phenoxy) is 1.